The molecular formula is C19H18N4O3S. The van der Waals surface area contributed by atoms with E-state index in [0.717, 1.165) is 10.6 Å². The fourth-order valence-electron chi connectivity index (χ4n) is 2.46. The van der Waals surface area contributed by atoms with E-state index in [1.807, 2.05) is 38.1 Å². The number of nitro groups is 1. The number of thioether (sulfide) groups is 1. The lowest BCUT2D eigenvalue weighted by Gasteiger charge is -2.09. The second-order valence-electron chi connectivity index (χ2n) is 6.01. The number of hydrogen-bond donors (Lipinski definition) is 1. The summed E-state index contributed by atoms with van der Waals surface area (Å²) >= 11 is 1.45. The highest BCUT2D eigenvalue weighted by atomic mass is 32.2. The Bertz CT molecular complexity index is 966. The SMILES string of the molecule is Cc1ccc(SCC(=O)Nc2cc(C)nn2-c2ccc([N+](=O)[O-])cc2)cc1. The summed E-state index contributed by atoms with van der Waals surface area (Å²) in [5, 5.41) is 18.0. The number of aryl methyl sites for hydroxylation is 2. The molecule has 0 saturated heterocycles. The Morgan fingerprint density at radius 2 is 1.81 bits per heavy atom. The van der Waals surface area contributed by atoms with Gasteiger partial charge in [0.25, 0.3) is 5.69 Å². The molecule has 2 aromatic carbocycles. The minimum atomic E-state index is -0.455. The van der Waals surface area contributed by atoms with Gasteiger partial charge >= 0.3 is 0 Å². The van der Waals surface area contributed by atoms with Crippen LogP contribution in [0.15, 0.2) is 59.5 Å². The lowest BCUT2D eigenvalue weighted by molar-refractivity contribution is -0.384. The Morgan fingerprint density at radius 1 is 1.15 bits per heavy atom. The quantitative estimate of drug-likeness (QED) is 0.393. The second kappa shape index (κ2) is 8.05. The molecule has 0 unspecified atom stereocenters. The molecule has 0 radical (unpaired) electrons. The predicted molar refractivity (Wildman–Crippen MR) is 105 cm³/mol. The van der Waals surface area contributed by atoms with E-state index in [1.54, 1.807) is 22.9 Å². The van der Waals surface area contributed by atoms with E-state index in [0.29, 0.717) is 11.5 Å². The number of amides is 1. The highest BCUT2D eigenvalue weighted by Gasteiger charge is 2.13. The van der Waals surface area contributed by atoms with Gasteiger partial charge in [-0.2, -0.15) is 5.10 Å². The van der Waals surface area contributed by atoms with Gasteiger partial charge in [-0.15, -0.1) is 11.8 Å². The number of nitrogens with one attached hydrogen (secondary N) is 1. The Hall–Kier alpha value is -3.13. The van der Waals surface area contributed by atoms with Gasteiger partial charge in [-0.3, -0.25) is 14.9 Å². The largest absolute Gasteiger partial charge is 0.310 e. The zero-order valence-electron chi connectivity index (χ0n) is 14.9. The number of carbonyl (C=O) groups excluding carboxylic acids is 1. The molecule has 0 aliphatic heterocycles. The molecule has 7 nitrogen and oxygen atoms in total. The van der Waals surface area contributed by atoms with Gasteiger partial charge in [-0.05, 0) is 38.1 Å². The third-order valence-electron chi connectivity index (χ3n) is 3.80. The van der Waals surface area contributed by atoms with Crippen LogP contribution in [0.3, 0.4) is 0 Å². The monoisotopic (exact) mass is 382 g/mol. The van der Waals surface area contributed by atoms with Gasteiger partial charge in [0.05, 0.1) is 22.1 Å². The van der Waals surface area contributed by atoms with Crippen LogP contribution in [0.1, 0.15) is 11.3 Å². The van der Waals surface area contributed by atoms with Crippen molar-refractivity contribution in [2.45, 2.75) is 18.7 Å². The molecule has 3 aromatic rings. The second-order valence-corrected chi connectivity index (χ2v) is 7.05. The van der Waals surface area contributed by atoms with Crippen molar-refractivity contribution >= 4 is 29.2 Å². The number of nitrogens with zero attached hydrogens (tertiary/aromatic N) is 3. The van der Waals surface area contributed by atoms with Gasteiger partial charge in [-0.25, -0.2) is 4.68 Å². The van der Waals surface area contributed by atoms with Crippen LogP contribution < -0.4 is 5.32 Å². The van der Waals surface area contributed by atoms with Crippen LogP contribution in [0, 0.1) is 24.0 Å². The van der Waals surface area contributed by atoms with Crippen molar-refractivity contribution in [3.05, 3.63) is 76.0 Å². The maximum atomic E-state index is 12.3. The molecule has 0 atom stereocenters. The molecule has 27 heavy (non-hydrogen) atoms. The fourth-order valence-corrected chi connectivity index (χ4v) is 3.16. The molecule has 0 bridgehead atoms. The summed E-state index contributed by atoms with van der Waals surface area (Å²) in [5.74, 6) is 0.646. The van der Waals surface area contributed by atoms with Crippen molar-refractivity contribution in [1.29, 1.82) is 0 Å². The summed E-state index contributed by atoms with van der Waals surface area (Å²) < 4.78 is 1.56. The first-order valence-electron chi connectivity index (χ1n) is 8.23. The van der Waals surface area contributed by atoms with Crippen LogP contribution in [-0.4, -0.2) is 26.4 Å². The van der Waals surface area contributed by atoms with Crippen molar-refractivity contribution < 1.29 is 9.72 Å². The fraction of sp³-hybridized carbons (Fsp3) is 0.158. The molecule has 0 fully saturated rings. The van der Waals surface area contributed by atoms with Crippen LogP contribution in [-0.2, 0) is 4.79 Å². The van der Waals surface area contributed by atoms with Crippen molar-refractivity contribution in [2.75, 3.05) is 11.1 Å². The molecule has 0 aliphatic carbocycles. The van der Waals surface area contributed by atoms with Crippen LogP contribution in [0.25, 0.3) is 5.69 Å². The molecule has 3 rings (SSSR count). The zero-order chi connectivity index (χ0) is 19.4. The lowest BCUT2D eigenvalue weighted by Crippen LogP contribution is -2.16. The molecule has 1 aromatic heterocycles. The molecule has 1 heterocycles. The first-order chi connectivity index (χ1) is 12.9. The first kappa shape index (κ1) is 18.7. The number of hydrogen-bond acceptors (Lipinski definition) is 5. The molecule has 1 N–H and O–H groups in total. The Labute approximate surface area is 160 Å². The Kier molecular flexibility index (Phi) is 5.56. The van der Waals surface area contributed by atoms with E-state index < -0.39 is 4.92 Å². The predicted octanol–water partition coefficient (Wildman–Crippen LogP) is 4.13. The van der Waals surface area contributed by atoms with Crippen molar-refractivity contribution in [3.8, 4) is 5.69 Å². The Morgan fingerprint density at radius 3 is 2.44 bits per heavy atom. The summed E-state index contributed by atoms with van der Waals surface area (Å²) in [5.41, 5.74) is 2.54. The van der Waals surface area contributed by atoms with E-state index in [1.165, 1.54) is 29.5 Å². The van der Waals surface area contributed by atoms with E-state index >= 15 is 0 Å². The molecule has 0 saturated carbocycles. The van der Waals surface area contributed by atoms with Crippen LogP contribution in [0.4, 0.5) is 11.5 Å². The summed E-state index contributed by atoms with van der Waals surface area (Å²) in [6.45, 7) is 3.83. The molecule has 0 spiro atoms. The highest BCUT2D eigenvalue weighted by molar-refractivity contribution is 8.00. The maximum absolute atomic E-state index is 12.3. The number of non-ortho nitro benzene ring substituents is 1. The van der Waals surface area contributed by atoms with Gasteiger partial charge in [0.2, 0.25) is 5.91 Å². The van der Waals surface area contributed by atoms with Crippen LogP contribution >= 0.6 is 11.8 Å². The molecular weight excluding hydrogens is 364 g/mol. The third kappa shape index (κ3) is 4.73. The number of rotatable bonds is 6. The zero-order valence-corrected chi connectivity index (χ0v) is 15.7. The van der Waals surface area contributed by atoms with E-state index in [4.69, 9.17) is 0 Å². The third-order valence-corrected chi connectivity index (χ3v) is 4.81. The van der Waals surface area contributed by atoms with Crippen molar-refractivity contribution in [1.82, 2.24) is 9.78 Å². The van der Waals surface area contributed by atoms with Crippen LogP contribution in [0.2, 0.25) is 0 Å². The number of anilines is 1. The molecule has 1 amide bonds. The minimum Gasteiger partial charge on any atom is -0.310 e. The summed E-state index contributed by atoms with van der Waals surface area (Å²) in [4.78, 5) is 23.7. The number of benzene rings is 2. The topological polar surface area (TPSA) is 90.1 Å². The van der Waals surface area contributed by atoms with Gasteiger partial charge < -0.3 is 5.32 Å². The number of aromatic nitrogens is 2. The highest BCUT2D eigenvalue weighted by Crippen LogP contribution is 2.22. The number of nitro benzene ring substituents is 1. The lowest BCUT2D eigenvalue weighted by atomic mass is 10.2. The van der Waals surface area contributed by atoms with Gasteiger partial charge in [0.1, 0.15) is 5.82 Å². The average Bonchev–Trinajstić information content (AvgIpc) is 3.01. The molecule has 0 aliphatic rings. The minimum absolute atomic E-state index is 0.00251. The van der Waals surface area contributed by atoms with E-state index in [9.17, 15) is 14.9 Å². The van der Waals surface area contributed by atoms with Gasteiger partial charge in [0.15, 0.2) is 0 Å². The standard InChI is InChI=1S/C19H18N4O3S/c1-13-3-9-17(10-4-13)27-12-19(24)20-18-11-14(2)21-22(18)15-5-7-16(8-6-15)23(25)26/h3-11H,12H2,1-2H3,(H,20,24). The number of carbonyl (C=O) groups is 1. The Balaban J connectivity index is 1.70. The first-order valence-corrected chi connectivity index (χ1v) is 9.22. The summed E-state index contributed by atoms with van der Waals surface area (Å²) in [6, 6.07) is 15.8. The van der Waals surface area contributed by atoms with Gasteiger partial charge in [0, 0.05) is 23.1 Å². The summed E-state index contributed by atoms with van der Waals surface area (Å²) in [6.07, 6.45) is 0. The van der Waals surface area contributed by atoms with Crippen LogP contribution in [0.5, 0.6) is 0 Å². The smallest absolute Gasteiger partial charge is 0.269 e. The molecule has 8 heteroatoms. The van der Waals surface area contributed by atoms with E-state index in [-0.39, 0.29) is 17.3 Å². The maximum Gasteiger partial charge on any atom is 0.269 e. The molecule has 138 valence electrons. The van der Waals surface area contributed by atoms with Crippen molar-refractivity contribution in [2.24, 2.45) is 0 Å². The summed E-state index contributed by atoms with van der Waals surface area (Å²) in [7, 11) is 0. The normalized spacial score (nSPS) is 10.6. The van der Waals surface area contributed by atoms with E-state index in [2.05, 4.69) is 10.4 Å². The van der Waals surface area contributed by atoms with Crippen molar-refractivity contribution in [3.63, 3.8) is 0 Å². The average molecular weight is 382 g/mol. The van der Waals surface area contributed by atoms with Gasteiger partial charge in [-0.1, -0.05) is 17.7 Å².